The van der Waals surface area contributed by atoms with E-state index in [1.807, 2.05) is 31.2 Å². The van der Waals surface area contributed by atoms with E-state index in [0.29, 0.717) is 44.6 Å². The van der Waals surface area contributed by atoms with Crippen molar-refractivity contribution in [1.29, 1.82) is 0 Å². The number of carbonyl (C=O) groups is 1. The molecule has 0 spiro atoms. The number of amides is 1. The molecular weight excluding hydrogens is 640 g/mol. The molecule has 0 aliphatic rings. The van der Waals surface area contributed by atoms with E-state index in [9.17, 15) is 9.59 Å². The number of nitrogens with one attached hydrogen (secondary N) is 1. The van der Waals surface area contributed by atoms with Gasteiger partial charge in [0.1, 0.15) is 10.8 Å². The molecule has 0 unspecified atom stereocenters. The summed E-state index contributed by atoms with van der Waals surface area (Å²) in [6, 6.07) is 16.1. The first kappa shape index (κ1) is 27.8. The number of nitrogens with zero attached hydrogens (tertiary/aromatic N) is 3. The van der Waals surface area contributed by atoms with Gasteiger partial charge in [0.2, 0.25) is 0 Å². The standard InChI is InChI=1S/C27H23Br2ClN4O4/c1-3-7-22-33-20-11-10-17(28)13-19(20)27(36)34(22)31-14-16-12-21(37-2)26(25(30)24(16)29)38-15-23(35)32-18-8-5-4-6-9-18/h4-6,8-14H,3,7,15H2,1-2H3,(H,32,35). The number of para-hydroxylation sites is 1. The van der Waals surface area contributed by atoms with Crippen molar-refractivity contribution in [3.8, 4) is 11.5 Å². The van der Waals surface area contributed by atoms with Gasteiger partial charge in [-0.05, 0) is 58.7 Å². The van der Waals surface area contributed by atoms with E-state index < -0.39 is 0 Å². The monoisotopic (exact) mass is 660 g/mol. The van der Waals surface area contributed by atoms with Crippen molar-refractivity contribution in [2.75, 3.05) is 19.0 Å². The Morgan fingerprint density at radius 2 is 1.95 bits per heavy atom. The molecule has 1 N–H and O–H groups in total. The van der Waals surface area contributed by atoms with Crippen LogP contribution in [0.1, 0.15) is 24.7 Å². The predicted octanol–water partition coefficient (Wildman–Crippen LogP) is 6.44. The van der Waals surface area contributed by atoms with E-state index in [1.165, 1.54) is 18.0 Å². The van der Waals surface area contributed by atoms with E-state index in [0.717, 1.165) is 10.9 Å². The number of hydrogen-bond acceptors (Lipinski definition) is 6. The highest BCUT2D eigenvalue weighted by Gasteiger charge is 2.19. The number of aromatic nitrogens is 2. The van der Waals surface area contributed by atoms with Crippen LogP contribution in [-0.2, 0) is 11.2 Å². The summed E-state index contributed by atoms with van der Waals surface area (Å²) in [6.07, 6.45) is 2.86. The summed E-state index contributed by atoms with van der Waals surface area (Å²) in [6.45, 7) is 1.73. The highest BCUT2D eigenvalue weighted by atomic mass is 79.9. The quantitative estimate of drug-likeness (QED) is 0.209. The van der Waals surface area contributed by atoms with Crippen LogP contribution in [0, 0.1) is 0 Å². The summed E-state index contributed by atoms with van der Waals surface area (Å²) in [5, 5.41) is 7.85. The van der Waals surface area contributed by atoms with Gasteiger partial charge in [0.05, 0.1) is 24.2 Å². The van der Waals surface area contributed by atoms with Gasteiger partial charge in [0, 0.05) is 26.6 Å². The number of methoxy groups -OCH3 is 1. The van der Waals surface area contributed by atoms with Crippen molar-refractivity contribution in [1.82, 2.24) is 9.66 Å². The van der Waals surface area contributed by atoms with Crippen LogP contribution in [0.15, 0.2) is 73.4 Å². The number of hydrogen-bond donors (Lipinski definition) is 1. The minimum Gasteiger partial charge on any atom is -0.493 e. The molecular formula is C27H23Br2ClN4O4. The Balaban J connectivity index is 1.64. The number of fused-ring (bicyclic) bond motifs is 1. The maximum atomic E-state index is 13.3. The first-order valence-corrected chi connectivity index (χ1v) is 13.6. The van der Waals surface area contributed by atoms with E-state index >= 15 is 0 Å². The van der Waals surface area contributed by atoms with Gasteiger partial charge < -0.3 is 14.8 Å². The van der Waals surface area contributed by atoms with Gasteiger partial charge in [0.25, 0.3) is 11.5 Å². The third kappa shape index (κ3) is 6.25. The fourth-order valence-corrected chi connectivity index (χ4v) is 4.68. The number of carbonyl (C=O) groups excluding carboxylic acids is 1. The Bertz CT molecular complexity index is 1580. The van der Waals surface area contributed by atoms with Crippen molar-refractivity contribution in [2.45, 2.75) is 19.8 Å². The highest BCUT2D eigenvalue weighted by Crippen LogP contribution is 2.42. The van der Waals surface area contributed by atoms with Crippen LogP contribution < -0.4 is 20.3 Å². The van der Waals surface area contributed by atoms with Gasteiger partial charge in [-0.25, -0.2) is 4.98 Å². The van der Waals surface area contributed by atoms with Crippen LogP contribution in [0.25, 0.3) is 10.9 Å². The normalized spacial score (nSPS) is 11.2. The molecule has 11 heteroatoms. The lowest BCUT2D eigenvalue weighted by atomic mass is 10.2. The first-order chi connectivity index (χ1) is 18.3. The molecule has 4 aromatic rings. The average Bonchev–Trinajstić information content (AvgIpc) is 2.91. The van der Waals surface area contributed by atoms with Gasteiger partial charge in [-0.3, -0.25) is 9.59 Å². The molecule has 0 aliphatic heterocycles. The van der Waals surface area contributed by atoms with Gasteiger partial charge in [-0.1, -0.05) is 52.7 Å². The van der Waals surface area contributed by atoms with Crippen LogP contribution in [-0.4, -0.2) is 35.5 Å². The molecule has 1 heterocycles. The van der Waals surface area contributed by atoms with Crippen molar-refractivity contribution >= 4 is 72.2 Å². The number of ether oxygens (including phenoxy) is 2. The molecule has 0 fully saturated rings. The van der Waals surface area contributed by atoms with Crippen LogP contribution in [0.4, 0.5) is 5.69 Å². The first-order valence-electron chi connectivity index (χ1n) is 11.6. The third-order valence-electron chi connectivity index (χ3n) is 5.44. The average molecular weight is 663 g/mol. The largest absolute Gasteiger partial charge is 0.493 e. The molecule has 8 nitrogen and oxygen atoms in total. The number of anilines is 1. The molecule has 0 atom stereocenters. The van der Waals surface area contributed by atoms with Gasteiger partial charge in [0.15, 0.2) is 18.1 Å². The number of rotatable bonds is 9. The Hall–Kier alpha value is -3.21. The predicted molar refractivity (Wildman–Crippen MR) is 157 cm³/mol. The van der Waals surface area contributed by atoms with Crippen molar-refractivity contribution in [2.24, 2.45) is 5.10 Å². The lowest BCUT2D eigenvalue weighted by molar-refractivity contribution is -0.118. The summed E-state index contributed by atoms with van der Waals surface area (Å²) >= 11 is 13.5. The van der Waals surface area contributed by atoms with Crippen LogP contribution in [0.3, 0.4) is 0 Å². The molecule has 1 aromatic heterocycles. The minimum atomic E-state index is -0.352. The molecule has 1 amide bonds. The zero-order valence-corrected chi connectivity index (χ0v) is 24.4. The summed E-state index contributed by atoms with van der Waals surface area (Å²) < 4.78 is 13.7. The van der Waals surface area contributed by atoms with Crippen molar-refractivity contribution in [3.63, 3.8) is 0 Å². The summed E-state index contributed by atoms with van der Waals surface area (Å²) in [5.41, 5.74) is 1.52. The van der Waals surface area contributed by atoms with E-state index in [-0.39, 0.29) is 28.8 Å². The second-order valence-corrected chi connectivity index (χ2v) is 10.2. The second kappa shape index (κ2) is 12.6. The lowest BCUT2D eigenvalue weighted by Crippen LogP contribution is -2.22. The van der Waals surface area contributed by atoms with E-state index in [2.05, 4.69) is 47.3 Å². The second-order valence-electron chi connectivity index (χ2n) is 8.13. The van der Waals surface area contributed by atoms with E-state index in [4.69, 9.17) is 21.1 Å². The molecule has 0 bridgehead atoms. The number of aryl methyl sites for hydroxylation is 1. The molecule has 0 saturated heterocycles. The van der Waals surface area contributed by atoms with Gasteiger partial charge in [-0.15, -0.1) is 0 Å². The number of halogens is 3. The maximum absolute atomic E-state index is 13.3. The Labute approximate surface area is 240 Å². The van der Waals surface area contributed by atoms with Crippen LogP contribution in [0.2, 0.25) is 5.02 Å². The van der Waals surface area contributed by atoms with Crippen molar-refractivity contribution in [3.05, 3.63) is 90.3 Å². The fourth-order valence-electron chi connectivity index (χ4n) is 3.66. The highest BCUT2D eigenvalue weighted by molar-refractivity contribution is 9.10. The smallest absolute Gasteiger partial charge is 0.282 e. The Morgan fingerprint density at radius 1 is 1.18 bits per heavy atom. The zero-order valence-electron chi connectivity index (χ0n) is 20.5. The topological polar surface area (TPSA) is 94.8 Å². The third-order valence-corrected chi connectivity index (χ3v) is 7.38. The SMILES string of the molecule is CCCc1nc2ccc(Br)cc2c(=O)n1N=Cc1cc(OC)c(OCC(=O)Nc2ccccc2)c(Cl)c1Br. The minimum absolute atomic E-state index is 0.194. The van der Waals surface area contributed by atoms with Gasteiger partial charge in [-0.2, -0.15) is 9.78 Å². The zero-order chi connectivity index (χ0) is 27.2. The van der Waals surface area contributed by atoms with Crippen molar-refractivity contribution < 1.29 is 14.3 Å². The summed E-state index contributed by atoms with van der Waals surface area (Å²) in [7, 11) is 1.46. The fraction of sp³-hybridized carbons (Fsp3) is 0.185. The van der Waals surface area contributed by atoms with Crippen LogP contribution in [0.5, 0.6) is 11.5 Å². The molecule has 196 valence electrons. The Morgan fingerprint density at radius 3 is 2.66 bits per heavy atom. The lowest BCUT2D eigenvalue weighted by Gasteiger charge is -2.15. The summed E-state index contributed by atoms with van der Waals surface area (Å²) in [4.78, 5) is 30.3. The molecule has 38 heavy (non-hydrogen) atoms. The molecule has 4 rings (SSSR count). The van der Waals surface area contributed by atoms with E-state index in [1.54, 1.807) is 30.3 Å². The van der Waals surface area contributed by atoms with Gasteiger partial charge >= 0.3 is 0 Å². The Kier molecular flexibility index (Phi) is 9.19. The number of benzene rings is 3. The molecule has 0 radical (unpaired) electrons. The maximum Gasteiger partial charge on any atom is 0.282 e. The molecule has 0 aliphatic carbocycles. The molecule has 0 saturated carbocycles. The summed E-state index contributed by atoms with van der Waals surface area (Å²) in [5.74, 6) is 0.688. The molecule has 3 aromatic carbocycles. The van der Waals surface area contributed by atoms with Crippen LogP contribution >= 0.6 is 43.5 Å².